The Labute approximate surface area is 151 Å². The first-order valence-corrected chi connectivity index (χ1v) is 8.83. The number of aryl methyl sites for hydroxylation is 1. The molecule has 0 bridgehead atoms. The van der Waals surface area contributed by atoms with Gasteiger partial charge in [-0.1, -0.05) is 13.8 Å². The van der Waals surface area contributed by atoms with Crippen molar-refractivity contribution >= 4 is 28.3 Å². The predicted molar refractivity (Wildman–Crippen MR) is 99.9 cm³/mol. The number of carbonyl (C=O) groups excluding carboxylic acids is 2. The number of thiazole rings is 1. The average molecular weight is 361 g/mol. The number of hydrogen-bond acceptors (Lipinski definition) is 5. The number of carbonyl (C=O) groups is 2. The predicted octanol–water partition coefficient (Wildman–Crippen LogP) is 3.23. The highest BCUT2D eigenvalue weighted by Gasteiger charge is 2.24. The molecule has 2 N–H and O–H groups in total. The van der Waals surface area contributed by atoms with Gasteiger partial charge in [-0.2, -0.15) is 0 Å². The van der Waals surface area contributed by atoms with Gasteiger partial charge in [-0.25, -0.2) is 4.98 Å². The summed E-state index contributed by atoms with van der Waals surface area (Å²) >= 11 is 1.41. The smallest absolute Gasteiger partial charge is 0.248 e. The van der Waals surface area contributed by atoms with E-state index in [4.69, 9.17) is 4.74 Å². The Morgan fingerprint density at radius 3 is 2.36 bits per heavy atom. The Morgan fingerprint density at radius 2 is 1.84 bits per heavy atom. The Kier molecular flexibility index (Phi) is 6.14. The molecular formula is C18H23N3O3S. The van der Waals surface area contributed by atoms with Crippen molar-refractivity contribution < 1.29 is 14.3 Å². The van der Waals surface area contributed by atoms with Crippen molar-refractivity contribution in [3.8, 4) is 17.0 Å². The number of anilines is 1. The maximum absolute atomic E-state index is 12.5. The van der Waals surface area contributed by atoms with Crippen LogP contribution in [0.15, 0.2) is 24.3 Å². The van der Waals surface area contributed by atoms with E-state index in [-0.39, 0.29) is 17.7 Å². The van der Waals surface area contributed by atoms with Gasteiger partial charge in [0.2, 0.25) is 11.8 Å². The second-order valence-electron chi connectivity index (χ2n) is 6.06. The molecule has 2 amide bonds. The number of nitrogens with zero attached hydrogens (tertiary/aromatic N) is 1. The highest BCUT2D eigenvalue weighted by molar-refractivity contribution is 7.16. The van der Waals surface area contributed by atoms with E-state index >= 15 is 0 Å². The van der Waals surface area contributed by atoms with Crippen LogP contribution in [-0.4, -0.2) is 29.9 Å². The molecule has 0 saturated carbocycles. The van der Waals surface area contributed by atoms with Gasteiger partial charge in [0.05, 0.1) is 12.8 Å². The molecule has 7 heteroatoms. The zero-order valence-corrected chi connectivity index (χ0v) is 15.9. The van der Waals surface area contributed by atoms with Crippen molar-refractivity contribution in [3.63, 3.8) is 0 Å². The van der Waals surface area contributed by atoms with Crippen LogP contribution in [0.4, 0.5) is 5.13 Å². The zero-order chi connectivity index (χ0) is 18.6. The number of amides is 2. The van der Waals surface area contributed by atoms with Gasteiger partial charge in [-0.05, 0) is 37.1 Å². The molecule has 0 aliphatic rings. The van der Waals surface area contributed by atoms with E-state index in [1.165, 1.54) is 18.3 Å². The van der Waals surface area contributed by atoms with Gasteiger partial charge in [0.25, 0.3) is 0 Å². The normalized spacial score (nSPS) is 11.9. The topological polar surface area (TPSA) is 80.3 Å². The largest absolute Gasteiger partial charge is 0.497 e. The van der Waals surface area contributed by atoms with Crippen molar-refractivity contribution in [1.82, 2.24) is 10.3 Å². The SMILES string of the molecule is COc1ccc(-c2nc(NC(=O)C(NC(C)=O)C(C)C)sc2C)cc1. The molecule has 1 heterocycles. The van der Waals surface area contributed by atoms with Gasteiger partial charge in [0.1, 0.15) is 11.8 Å². The lowest BCUT2D eigenvalue weighted by Crippen LogP contribution is -2.46. The minimum absolute atomic E-state index is 0.0222. The van der Waals surface area contributed by atoms with E-state index in [1.807, 2.05) is 45.0 Å². The number of hydrogen-bond donors (Lipinski definition) is 2. The average Bonchev–Trinajstić information content (AvgIpc) is 2.92. The summed E-state index contributed by atoms with van der Waals surface area (Å²) < 4.78 is 5.16. The van der Waals surface area contributed by atoms with Crippen LogP contribution in [0.2, 0.25) is 0 Å². The number of aromatic nitrogens is 1. The lowest BCUT2D eigenvalue weighted by Gasteiger charge is -2.20. The number of rotatable bonds is 6. The Bertz CT molecular complexity index is 753. The molecule has 1 unspecified atom stereocenters. The van der Waals surface area contributed by atoms with Gasteiger partial charge in [-0.3, -0.25) is 9.59 Å². The molecule has 1 aromatic heterocycles. The monoisotopic (exact) mass is 361 g/mol. The van der Waals surface area contributed by atoms with Crippen molar-refractivity contribution in [2.75, 3.05) is 12.4 Å². The summed E-state index contributed by atoms with van der Waals surface area (Å²) in [5, 5.41) is 6.01. The molecule has 0 saturated heterocycles. The molecule has 1 aromatic carbocycles. The molecule has 0 aliphatic carbocycles. The minimum Gasteiger partial charge on any atom is -0.497 e. The standard InChI is InChI=1S/C18H23N3O3S/c1-10(2)15(19-12(4)22)17(23)21-18-20-16(11(3)25-18)13-6-8-14(24-5)9-7-13/h6-10,15H,1-5H3,(H,19,22)(H,20,21,23). The lowest BCUT2D eigenvalue weighted by atomic mass is 10.0. The van der Waals surface area contributed by atoms with Crippen LogP contribution in [0.3, 0.4) is 0 Å². The third kappa shape index (κ3) is 4.79. The summed E-state index contributed by atoms with van der Waals surface area (Å²) in [6.45, 7) is 7.13. The van der Waals surface area contributed by atoms with E-state index in [0.29, 0.717) is 5.13 Å². The van der Waals surface area contributed by atoms with Crippen molar-refractivity contribution in [1.29, 1.82) is 0 Å². The lowest BCUT2D eigenvalue weighted by molar-refractivity contribution is -0.126. The quantitative estimate of drug-likeness (QED) is 0.828. The third-order valence-corrected chi connectivity index (χ3v) is 4.58. The van der Waals surface area contributed by atoms with Gasteiger partial charge < -0.3 is 15.4 Å². The number of ether oxygens (including phenoxy) is 1. The van der Waals surface area contributed by atoms with Crippen LogP contribution < -0.4 is 15.4 Å². The Balaban J connectivity index is 2.18. The molecule has 2 rings (SSSR count). The van der Waals surface area contributed by atoms with Crippen LogP contribution in [0.1, 0.15) is 25.6 Å². The van der Waals surface area contributed by atoms with Crippen LogP contribution in [0.25, 0.3) is 11.3 Å². The van der Waals surface area contributed by atoms with E-state index in [2.05, 4.69) is 15.6 Å². The summed E-state index contributed by atoms with van der Waals surface area (Å²) in [5.74, 6) is 0.259. The van der Waals surface area contributed by atoms with Gasteiger partial charge in [0.15, 0.2) is 5.13 Å². The maximum atomic E-state index is 12.5. The van der Waals surface area contributed by atoms with E-state index in [0.717, 1.165) is 21.9 Å². The molecule has 1 atom stereocenters. The number of benzene rings is 1. The Hall–Kier alpha value is -2.41. The molecule has 0 radical (unpaired) electrons. The van der Waals surface area contributed by atoms with Crippen molar-refractivity contribution in [3.05, 3.63) is 29.1 Å². The van der Waals surface area contributed by atoms with Crippen LogP contribution >= 0.6 is 11.3 Å². The van der Waals surface area contributed by atoms with E-state index in [9.17, 15) is 9.59 Å². The fourth-order valence-electron chi connectivity index (χ4n) is 2.40. The summed E-state index contributed by atoms with van der Waals surface area (Å²) in [7, 11) is 1.62. The third-order valence-electron chi connectivity index (χ3n) is 3.70. The van der Waals surface area contributed by atoms with Gasteiger partial charge in [-0.15, -0.1) is 11.3 Å². The second-order valence-corrected chi connectivity index (χ2v) is 7.27. The Morgan fingerprint density at radius 1 is 1.20 bits per heavy atom. The molecule has 0 spiro atoms. The van der Waals surface area contributed by atoms with Crippen LogP contribution in [0, 0.1) is 12.8 Å². The second kappa shape index (κ2) is 8.11. The fourth-order valence-corrected chi connectivity index (χ4v) is 3.24. The summed E-state index contributed by atoms with van der Waals surface area (Å²) in [4.78, 5) is 29.3. The molecular weight excluding hydrogens is 338 g/mol. The van der Waals surface area contributed by atoms with Gasteiger partial charge in [0, 0.05) is 17.4 Å². The first-order valence-electron chi connectivity index (χ1n) is 8.01. The molecule has 134 valence electrons. The molecule has 0 aliphatic heterocycles. The summed E-state index contributed by atoms with van der Waals surface area (Å²) in [6.07, 6.45) is 0. The maximum Gasteiger partial charge on any atom is 0.248 e. The first-order chi connectivity index (χ1) is 11.8. The fraction of sp³-hybridized carbons (Fsp3) is 0.389. The molecule has 2 aromatic rings. The van der Waals surface area contributed by atoms with E-state index in [1.54, 1.807) is 7.11 Å². The van der Waals surface area contributed by atoms with Crippen LogP contribution in [0.5, 0.6) is 5.75 Å². The van der Waals surface area contributed by atoms with Crippen molar-refractivity contribution in [2.24, 2.45) is 5.92 Å². The molecule has 6 nitrogen and oxygen atoms in total. The van der Waals surface area contributed by atoms with Gasteiger partial charge >= 0.3 is 0 Å². The highest BCUT2D eigenvalue weighted by atomic mass is 32.1. The van der Waals surface area contributed by atoms with Crippen LogP contribution in [-0.2, 0) is 9.59 Å². The zero-order valence-electron chi connectivity index (χ0n) is 15.0. The van der Waals surface area contributed by atoms with Crippen molar-refractivity contribution in [2.45, 2.75) is 33.7 Å². The minimum atomic E-state index is -0.592. The first kappa shape index (κ1) is 18.9. The molecule has 25 heavy (non-hydrogen) atoms. The number of nitrogens with one attached hydrogen (secondary N) is 2. The van der Waals surface area contributed by atoms with E-state index < -0.39 is 6.04 Å². The number of methoxy groups -OCH3 is 1. The molecule has 0 fully saturated rings. The summed E-state index contributed by atoms with van der Waals surface area (Å²) in [5.41, 5.74) is 1.78. The summed E-state index contributed by atoms with van der Waals surface area (Å²) in [6, 6.07) is 7.02. The highest BCUT2D eigenvalue weighted by Crippen LogP contribution is 2.31.